The minimum atomic E-state index is -2.95. The van der Waals surface area contributed by atoms with Crippen molar-refractivity contribution in [3.8, 4) is 5.75 Å². The van der Waals surface area contributed by atoms with E-state index in [1.165, 1.54) is 0 Å². The molecule has 7 nitrogen and oxygen atoms in total. The van der Waals surface area contributed by atoms with E-state index in [2.05, 4.69) is 24.4 Å². The lowest BCUT2D eigenvalue weighted by molar-refractivity contribution is -0.120. The SMILES string of the molecule is CCOc1ccc2c(c1)CC(NCCCCO)C(=O)N2c1cccc(CC[C@@H]2O[C@H](CCO)[C@@H]([Si](C)(C)F)[C@@H]2C)c1. The van der Waals surface area contributed by atoms with Gasteiger partial charge in [0.2, 0.25) is 14.3 Å². The van der Waals surface area contributed by atoms with E-state index in [-0.39, 0.29) is 48.8 Å². The van der Waals surface area contributed by atoms with Crippen molar-refractivity contribution in [2.75, 3.05) is 31.3 Å². The molecule has 226 valence electrons. The summed E-state index contributed by atoms with van der Waals surface area (Å²) < 4.78 is 27.3. The zero-order valence-electron chi connectivity index (χ0n) is 24.9. The Morgan fingerprint density at radius 2 is 1.90 bits per heavy atom. The summed E-state index contributed by atoms with van der Waals surface area (Å²) in [6.45, 7) is 8.90. The Labute approximate surface area is 245 Å². The Morgan fingerprint density at radius 1 is 1.10 bits per heavy atom. The molecular weight excluding hydrogens is 539 g/mol. The molecular formula is C32H47FN2O5Si. The molecule has 0 aliphatic carbocycles. The fourth-order valence-electron chi connectivity index (χ4n) is 6.66. The minimum Gasteiger partial charge on any atom is -0.494 e. The second-order valence-electron chi connectivity index (χ2n) is 11.9. The molecule has 1 unspecified atom stereocenters. The molecule has 5 atom stereocenters. The lowest BCUT2D eigenvalue weighted by atomic mass is 9.94. The largest absolute Gasteiger partial charge is 0.494 e. The van der Waals surface area contributed by atoms with Gasteiger partial charge < -0.3 is 29.1 Å². The molecule has 2 aromatic carbocycles. The first kappa shape index (κ1) is 31.6. The fraction of sp³-hybridized carbons (Fsp3) is 0.594. The molecule has 0 radical (unpaired) electrons. The van der Waals surface area contributed by atoms with Crippen molar-refractivity contribution in [3.63, 3.8) is 0 Å². The average Bonchev–Trinajstić information content (AvgIpc) is 3.25. The molecule has 1 fully saturated rings. The number of carbonyl (C=O) groups excluding carboxylic acids is 1. The maximum absolute atomic E-state index is 15.2. The zero-order chi connectivity index (χ0) is 29.6. The number of nitrogens with one attached hydrogen (secondary N) is 1. The number of nitrogens with zero attached hydrogens (tertiary/aromatic N) is 1. The molecule has 3 N–H and O–H groups in total. The van der Waals surface area contributed by atoms with Gasteiger partial charge in [0, 0.05) is 24.4 Å². The number of amides is 1. The number of hydrogen-bond donors (Lipinski definition) is 3. The molecule has 0 spiro atoms. The predicted octanol–water partition coefficient (Wildman–Crippen LogP) is 5.30. The first-order valence-electron chi connectivity index (χ1n) is 15.2. The maximum atomic E-state index is 15.2. The lowest BCUT2D eigenvalue weighted by Gasteiger charge is -2.35. The van der Waals surface area contributed by atoms with E-state index < -0.39 is 8.41 Å². The van der Waals surface area contributed by atoms with E-state index in [0.29, 0.717) is 32.4 Å². The van der Waals surface area contributed by atoms with Crippen LogP contribution < -0.4 is 15.0 Å². The standard InChI is InChI=1S/C32H47FN2O5Si/c1-5-39-26-12-13-28-24(20-26)21-27(34-16-6-7-17-36)32(38)35(28)25-10-8-9-23(19-25)11-14-29-22(2)31(41(3,4)33)30(40-29)15-18-37/h8-10,12-13,19-20,22,27,29-31,34,36-37H,5-7,11,14-18,21H2,1-4H3/t22-,27?,29+,30-,31+/m1/s1. The second kappa shape index (κ2) is 14.2. The number of aliphatic hydroxyl groups is 2. The van der Waals surface area contributed by atoms with Crippen molar-refractivity contribution in [1.82, 2.24) is 5.32 Å². The normalized spacial score (nSPS) is 24.5. The summed E-state index contributed by atoms with van der Waals surface area (Å²) in [5.74, 6) is 0.880. The molecule has 0 aromatic heterocycles. The number of carbonyl (C=O) groups is 1. The highest BCUT2D eigenvalue weighted by atomic mass is 28.4. The number of ether oxygens (including phenoxy) is 2. The molecule has 2 aliphatic heterocycles. The van der Waals surface area contributed by atoms with Crippen molar-refractivity contribution in [1.29, 1.82) is 0 Å². The van der Waals surface area contributed by atoms with Gasteiger partial charge in [-0.1, -0.05) is 19.1 Å². The molecule has 1 amide bonds. The van der Waals surface area contributed by atoms with Gasteiger partial charge in [0.25, 0.3) is 0 Å². The van der Waals surface area contributed by atoms with Crippen LogP contribution in [0.1, 0.15) is 50.7 Å². The molecule has 4 rings (SSSR count). The summed E-state index contributed by atoms with van der Waals surface area (Å²) in [6, 6.07) is 13.6. The Bertz CT molecular complexity index is 1160. The molecule has 9 heteroatoms. The number of hydrogen-bond acceptors (Lipinski definition) is 6. The number of halogens is 1. The van der Waals surface area contributed by atoms with E-state index in [4.69, 9.17) is 14.6 Å². The number of unbranched alkanes of at least 4 members (excludes halogenated alkanes) is 1. The lowest BCUT2D eigenvalue weighted by Crippen LogP contribution is -2.49. The van der Waals surface area contributed by atoms with Crippen LogP contribution in [0, 0.1) is 5.92 Å². The van der Waals surface area contributed by atoms with E-state index in [0.717, 1.165) is 47.5 Å². The predicted molar refractivity (Wildman–Crippen MR) is 163 cm³/mol. The maximum Gasteiger partial charge on any atom is 0.249 e. The molecule has 0 saturated carbocycles. The van der Waals surface area contributed by atoms with Gasteiger partial charge in [-0.15, -0.1) is 0 Å². The smallest absolute Gasteiger partial charge is 0.249 e. The minimum absolute atomic E-state index is 0.000352. The third-order valence-corrected chi connectivity index (χ3v) is 11.0. The van der Waals surface area contributed by atoms with E-state index in [9.17, 15) is 9.90 Å². The van der Waals surface area contributed by atoms with Crippen LogP contribution in [0.3, 0.4) is 0 Å². The molecule has 0 bridgehead atoms. The van der Waals surface area contributed by atoms with Crippen molar-refractivity contribution in [2.24, 2.45) is 5.92 Å². The summed E-state index contributed by atoms with van der Waals surface area (Å²) >= 11 is 0. The summed E-state index contributed by atoms with van der Waals surface area (Å²) in [4.78, 5) is 15.6. The van der Waals surface area contributed by atoms with Crippen LogP contribution in [0.15, 0.2) is 42.5 Å². The highest BCUT2D eigenvalue weighted by Crippen LogP contribution is 2.47. The van der Waals surface area contributed by atoms with E-state index in [1.54, 1.807) is 18.0 Å². The van der Waals surface area contributed by atoms with Crippen LogP contribution >= 0.6 is 0 Å². The number of benzene rings is 2. The summed E-state index contributed by atoms with van der Waals surface area (Å²) in [7, 11) is -2.95. The van der Waals surface area contributed by atoms with Crippen molar-refractivity contribution >= 4 is 25.7 Å². The number of aryl methyl sites for hydroxylation is 1. The van der Waals surface area contributed by atoms with Crippen LogP contribution in [-0.2, 0) is 22.4 Å². The number of rotatable bonds is 14. The quantitative estimate of drug-likeness (QED) is 0.158. The molecule has 1 saturated heterocycles. The summed E-state index contributed by atoms with van der Waals surface area (Å²) in [5, 5.41) is 22.1. The fourth-order valence-corrected chi connectivity index (χ4v) is 9.25. The second-order valence-corrected chi connectivity index (χ2v) is 15.7. The van der Waals surface area contributed by atoms with Gasteiger partial charge in [0.15, 0.2) is 0 Å². The third kappa shape index (κ3) is 7.56. The van der Waals surface area contributed by atoms with E-state index >= 15 is 4.11 Å². The van der Waals surface area contributed by atoms with Crippen LogP contribution in [-0.4, -0.2) is 69.1 Å². The number of aliphatic hydroxyl groups excluding tert-OH is 2. The third-order valence-electron chi connectivity index (χ3n) is 8.52. The van der Waals surface area contributed by atoms with Gasteiger partial charge in [-0.05, 0) is 112 Å². The molecule has 2 aromatic rings. The van der Waals surface area contributed by atoms with Gasteiger partial charge in [-0.25, -0.2) is 0 Å². The first-order chi connectivity index (χ1) is 19.7. The Balaban J connectivity index is 1.54. The molecule has 2 aliphatic rings. The molecule has 41 heavy (non-hydrogen) atoms. The topological polar surface area (TPSA) is 91.3 Å². The highest BCUT2D eigenvalue weighted by molar-refractivity contribution is 6.72. The number of fused-ring (bicyclic) bond motifs is 1. The van der Waals surface area contributed by atoms with Gasteiger partial charge in [0.1, 0.15) is 5.75 Å². The monoisotopic (exact) mass is 586 g/mol. The van der Waals surface area contributed by atoms with Gasteiger partial charge >= 0.3 is 0 Å². The van der Waals surface area contributed by atoms with Crippen LogP contribution in [0.5, 0.6) is 5.75 Å². The van der Waals surface area contributed by atoms with Crippen molar-refractivity contribution < 1.29 is 28.6 Å². The average molecular weight is 587 g/mol. The van der Waals surface area contributed by atoms with Gasteiger partial charge in [0.05, 0.1) is 30.5 Å². The van der Waals surface area contributed by atoms with Crippen molar-refractivity contribution in [3.05, 3.63) is 53.6 Å². The summed E-state index contributed by atoms with van der Waals surface area (Å²) in [5.41, 5.74) is 3.69. The Hall–Kier alpha value is -2.30. The van der Waals surface area contributed by atoms with Crippen LogP contribution in [0.4, 0.5) is 15.5 Å². The molecule has 2 heterocycles. The van der Waals surface area contributed by atoms with E-state index in [1.807, 2.05) is 37.3 Å². The van der Waals surface area contributed by atoms with Crippen molar-refractivity contribution in [2.45, 2.75) is 89.3 Å². The van der Waals surface area contributed by atoms with Gasteiger partial charge in [-0.3, -0.25) is 9.69 Å². The highest BCUT2D eigenvalue weighted by Gasteiger charge is 2.50. The van der Waals surface area contributed by atoms with Gasteiger partial charge in [-0.2, -0.15) is 0 Å². The van der Waals surface area contributed by atoms with Crippen LogP contribution in [0.25, 0.3) is 0 Å². The number of anilines is 2. The Morgan fingerprint density at radius 3 is 2.61 bits per heavy atom. The summed E-state index contributed by atoms with van der Waals surface area (Å²) in [6.07, 6.45) is 3.74. The Kier molecular flexibility index (Phi) is 11.0. The van der Waals surface area contributed by atoms with Crippen LogP contribution in [0.2, 0.25) is 18.6 Å². The zero-order valence-corrected chi connectivity index (χ0v) is 25.9. The first-order valence-corrected chi connectivity index (χ1v) is 18.1.